The molecule has 0 spiro atoms. The Kier molecular flexibility index (Phi) is 4.59. The predicted octanol–water partition coefficient (Wildman–Crippen LogP) is 2.74. The van der Waals surface area contributed by atoms with E-state index in [-0.39, 0.29) is 5.91 Å². The zero-order chi connectivity index (χ0) is 14.7. The summed E-state index contributed by atoms with van der Waals surface area (Å²) < 4.78 is 0. The summed E-state index contributed by atoms with van der Waals surface area (Å²) in [6.07, 6.45) is 8.22. The lowest BCUT2D eigenvalue weighted by Crippen LogP contribution is -2.48. The third kappa shape index (κ3) is 3.29. The van der Waals surface area contributed by atoms with Crippen LogP contribution in [0.2, 0.25) is 0 Å². The first-order chi connectivity index (χ1) is 10.3. The maximum Gasteiger partial charge on any atom is 0.240 e. The second-order valence-electron chi connectivity index (χ2n) is 6.58. The molecule has 21 heavy (non-hydrogen) atoms. The highest BCUT2D eigenvalue weighted by Gasteiger charge is 2.37. The molecule has 0 aromatic heterocycles. The molecule has 2 atom stereocenters. The average molecular weight is 286 g/mol. The molecule has 1 saturated carbocycles. The molecular formula is C18H26N2O. The molecule has 1 heterocycles. The van der Waals surface area contributed by atoms with Gasteiger partial charge in [-0.15, -0.1) is 0 Å². The molecule has 2 fully saturated rings. The monoisotopic (exact) mass is 286 g/mol. The molecule has 1 amide bonds. The lowest BCUT2D eigenvalue weighted by atomic mass is 9.95. The van der Waals surface area contributed by atoms with Crippen molar-refractivity contribution in [2.75, 3.05) is 6.54 Å². The van der Waals surface area contributed by atoms with Crippen LogP contribution in [-0.4, -0.2) is 29.4 Å². The van der Waals surface area contributed by atoms with E-state index in [1.165, 1.54) is 32.1 Å². The standard InChI is InChI=1S/C18H26N2O/c19-16(13-14-7-2-1-3-8-14)18(21)20-12-6-11-17(20)15-9-4-5-10-15/h1-3,7-8,15-17H,4-6,9-13,19H2/t16-,17?/m1/s1. The molecule has 3 nitrogen and oxygen atoms in total. The molecule has 0 radical (unpaired) electrons. The van der Waals surface area contributed by atoms with Gasteiger partial charge in [0.1, 0.15) is 0 Å². The van der Waals surface area contributed by atoms with E-state index in [0.29, 0.717) is 12.5 Å². The van der Waals surface area contributed by atoms with E-state index in [2.05, 4.69) is 4.90 Å². The first kappa shape index (κ1) is 14.6. The molecule has 3 heteroatoms. The third-order valence-corrected chi connectivity index (χ3v) is 5.14. The Balaban J connectivity index is 1.63. The molecule has 2 aliphatic rings. The van der Waals surface area contributed by atoms with E-state index in [9.17, 15) is 4.79 Å². The molecule has 1 aliphatic heterocycles. The van der Waals surface area contributed by atoms with E-state index in [1.54, 1.807) is 0 Å². The van der Waals surface area contributed by atoms with Crippen LogP contribution in [0.1, 0.15) is 44.1 Å². The first-order valence-electron chi connectivity index (χ1n) is 8.35. The maximum absolute atomic E-state index is 12.7. The van der Waals surface area contributed by atoms with Gasteiger partial charge >= 0.3 is 0 Å². The van der Waals surface area contributed by atoms with Crippen molar-refractivity contribution in [1.29, 1.82) is 0 Å². The third-order valence-electron chi connectivity index (χ3n) is 5.14. The van der Waals surface area contributed by atoms with Gasteiger partial charge in [0.2, 0.25) is 5.91 Å². The molecule has 1 aliphatic carbocycles. The largest absolute Gasteiger partial charge is 0.338 e. The molecule has 1 aromatic rings. The van der Waals surface area contributed by atoms with E-state index in [0.717, 1.165) is 24.4 Å². The molecule has 1 aromatic carbocycles. The number of nitrogens with zero attached hydrogens (tertiary/aromatic N) is 1. The van der Waals surface area contributed by atoms with Gasteiger partial charge < -0.3 is 10.6 Å². The van der Waals surface area contributed by atoms with Gasteiger partial charge in [-0.1, -0.05) is 43.2 Å². The number of hydrogen-bond donors (Lipinski definition) is 1. The Hall–Kier alpha value is -1.35. The minimum atomic E-state index is -0.394. The van der Waals surface area contributed by atoms with Gasteiger partial charge in [-0.05, 0) is 43.6 Å². The molecule has 3 rings (SSSR count). The van der Waals surface area contributed by atoms with Crippen molar-refractivity contribution in [3.05, 3.63) is 35.9 Å². The topological polar surface area (TPSA) is 46.3 Å². The Morgan fingerprint density at radius 3 is 2.57 bits per heavy atom. The lowest BCUT2D eigenvalue weighted by Gasteiger charge is -2.31. The fourth-order valence-corrected chi connectivity index (χ4v) is 4.07. The minimum Gasteiger partial charge on any atom is -0.338 e. The molecule has 114 valence electrons. The summed E-state index contributed by atoms with van der Waals surface area (Å²) in [4.78, 5) is 14.8. The van der Waals surface area contributed by atoms with Crippen LogP contribution in [0.4, 0.5) is 0 Å². The molecule has 2 N–H and O–H groups in total. The van der Waals surface area contributed by atoms with Crippen LogP contribution in [-0.2, 0) is 11.2 Å². The van der Waals surface area contributed by atoms with Gasteiger partial charge in [0.05, 0.1) is 6.04 Å². The van der Waals surface area contributed by atoms with E-state index < -0.39 is 6.04 Å². The van der Waals surface area contributed by atoms with Crippen LogP contribution in [0.3, 0.4) is 0 Å². The van der Waals surface area contributed by atoms with Gasteiger partial charge in [-0.2, -0.15) is 0 Å². The van der Waals surface area contributed by atoms with Crippen molar-refractivity contribution in [3.63, 3.8) is 0 Å². The van der Waals surface area contributed by atoms with Crippen molar-refractivity contribution in [2.45, 2.75) is 57.0 Å². The average Bonchev–Trinajstić information content (AvgIpc) is 3.18. The van der Waals surface area contributed by atoms with Gasteiger partial charge in [-0.25, -0.2) is 0 Å². The number of nitrogens with two attached hydrogens (primary N) is 1. The Morgan fingerprint density at radius 1 is 1.14 bits per heavy atom. The number of amides is 1. The van der Waals surface area contributed by atoms with Crippen LogP contribution in [0.5, 0.6) is 0 Å². The van der Waals surface area contributed by atoms with Crippen molar-refractivity contribution in [1.82, 2.24) is 4.90 Å². The van der Waals surface area contributed by atoms with Crippen LogP contribution in [0.25, 0.3) is 0 Å². The predicted molar refractivity (Wildman–Crippen MR) is 84.8 cm³/mol. The molecule has 1 saturated heterocycles. The van der Waals surface area contributed by atoms with Gasteiger partial charge in [0, 0.05) is 12.6 Å². The highest BCUT2D eigenvalue weighted by molar-refractivity contribution is 5.82. The SMILES string of the molecule is N[C@H](Cc1ccccc1)C(=O)N1CCCC1C1CCCC1. The summed E-state index contributed by atoms with van der Waals surface area (Å²) in [5.74, 6) is 0.883. The zero-order valence-corrected chi connectivity index (χ0v) is 12.7. The Morgan fingerprint density at radius 2 is 1.86 bits per heavy atom. The second-order valence-corrected chi connectivity index (χ2v) is 6.58. The van der Waals surface area contributed by atoms with E-state index >= 15 is 0 Å². The Bertz CT molecular complexity index is 467. The summed E-state index contributed by atoms with van der Waals surface area (Å²) in [7, 11) is 0. The second kappa shape index (κ2) is 6.61. The number of carbonyl (C=O) groups is 1. The smallest absolute Gasteiger partial charge is 0.240 e. The molecule has 1 unspecified atom stereocenters. The number of likely N-dealkylation sites (tertiary alicyclic amines) is 1. The minimum absolute atomic E-state index is 0.160. The maximum atomic E-state index is 12.7. The van der Waals surface area contributed by atoms with Crippen LogP contribution < -0.4 is 5.73 Å². The molecular weight excluding hydrogens is 260 g/mol. The summed E-state index contributed by atoms with van der Waals surface area (Å²) in [5, 5.41) is 0. The summed E-state index contributed by atoms with van der Waals surface area (Å²) in [6.45, 7) is 0.905. The van der Waals surface area contributed by atoms with Gasteiger partial charge in [0.25, 0.3) is 0 Å². The lowest BCUT2D eigenvalue weighted by molar-refractivity contribution is -0.134. The highest BCUT2D eigenvalue weighted by atomic mass is 16.2. The highest BCUT2D eigenvalue weighted by Crippen LogP contribution is 2.35. The summed E-state index contributed by atoms with van der Waals surface area (Å²) in [5.41, 5.74) is 7.35. The van der Waals surface area contributed by atoms with Crippen LogP contribution >= 0.6 is 0 Å². The number of benzene rings is 1. The van der Waals surface area contributed by atoms with Gasteiger partial charge in [-0.3, -0.25) is 4.79 Å². The van der Waals surface area contributed by atoms with E-state index in [4.69, 9.17) is 5.73 Å². The summed E-state index contributed by atoms with van der Waals surface area (Å²) in [6, 6.07) is 10.2. The fraction of sp³-hybridized carbons (Fsp3) is 0.611. The first-order valence-corrected chi connectivity index (χ1v) is 8.35. The Labute approximate surface area is 127 Å². The fourth-order valence-electron chi connectivity index (χ4n) is 4.07. The summed E-state index contributed by atoms with van der Waals surface area (Å²) >= 11 is 0. The number of hydrogen-bond acceptors (Lipinski definition) is 2. The van der Waals surface area contributed by atoms with Crippen LogP contribution in [0.15, 0.2) is 30.3 Å². The van der Waals surface area contributed by atoms with Gasteiger partial charge in [0.15, 0.2) is 0 Å². The van der Waals surface area contributed by atoms with Crippen molar-refractivity contribution < 1.29 is 4.79 Å². The number of carbonyl (C=O) groups excluding carboxylic acids is 1. The molecule has 0 bridgehead atoms. The normalized spacial score (nSPS) is 24.4. The van der Waals surface area contributed by atoms with Crippen molar-refractivity contribution >= 4 is 5.91 Å². The van der Waals surface area contributed by atoms with Crippen molar-refractivity contribution in [3.8, 4) is 0 Å². The van der Waals surface area contributed by atoms with Crippen LogP contribution in [0, 0.1) is 5.92 Å². The van der Waals surface area contributed by atoms with E-state index in [1.807, 2.05) is 30.3 Å². The number of rotatable bonds is 4. The quantitative estimate of drug-likeness (QED) is 0.925. The zero-order valence-electron chi connectivity index (χ0n) is 12.7. The van der Waals surface area contributed by atoms with Crippen molar-refractivity contribution in [2.24, 2.45) is 11.7 Å².